The molecule has 0 N–H and O–H groups in total. The van der Waals surface area contributed by atoms with Crippen molar-refractivity contribution in [1.82, 2.24) is 0 Å². The zero-order chi connectivity index (χ0) is 16.8. The van der Waals surface area contributed by atoms with Gasteiger partial charge in [0.1, 0.15) is 11.3 Å². The van der Waals surface area contributed by atoms with Crippen LogP contribution in [0.25, 0.3) is 0 Å². The molecule has 0 spiro atoms. The summed E-state index contributed by atoms with van der Waals surface area (Å²) in [5.74, 6) is -0.739. The fourth-order valence-electron chi connectivity index (χ4n) is 1.87. The number of rotatable bonds is 6. The van der Waals surface area contributed by atoms with E-state index in [9.17, 15) is 19.7 Å². The van der Waals surface area contributed by atoms with Gasteiger partial charge < -0.3 is 9.47 Å². The zero-order valence-electron chi connectivity index (χ0n) is 12.2. The van der Waals surface area contributed by atoms with Gasteiger partial charge in [0.15, 0.2) is 12.4 Å². The average Bonchev–Trinajstić information content (AvgIpc) is 2.59. The topological polar surface area (TPSA) is 95.7 Å². The molecule has 0 saturated carbocycles. The summed E-state index contributed by atoms with van der Waals surface area (Å²) in [7, 11) is 1.51. The summed E-state index contributed by atoms with van der Waals surface area (Å²) in [5, 5.41) is 10.9. The van der Waals surface area contributed by atoms with Gasteiger partial charge in [-0.15, -0.1) is 0 Å². The number of hydrogen-bond donors (Lipinski definition) is 0. The molecule has 0 amide bonds. The third kappa shape index (κ3) is 3.91. The van der Waals surface area contributed by atoms with E-state index in [2.05, 4.69) is 0 Å². The van der Waals surface area contributed by atoms with Crippen molar-refractivity contribution in [1.29, 1.82) is 0 Å². The van der Waals surface area contributed by atoms with Gasteiger partial charge in [0, 0.05) is 11.6 Å². The molecule has 2 rings (SSSR count). The monoisotopic (exact) mass is 315 g/mol. The van der Waals surface area contributed by atoms with Crippen LogP contribution in [0.4, 0.5) is 5.69 Å². The molecule has 0 aliphatic rings. The number of hydrogen-bond acceptors (Lipinski definition) is 6. The largest absolute Gasteiger partial charge is 0.497 e. The second kappa shape index (κ2) is 7.17. The van der Waals surface area contributed by atoms with Crippen LogP contribution in [0, 0.1) is 10.1 Å². The van der Waals surface area contributed by atoms with Crippen LogP contribution in [0.3, 0.4) is 0 Å². The molecule has 0 fully saturated rings. The summed E-state index contributed by atoms with van der Waals surface area (Å²) in [5.41, 5.74) is -0.212. The number of ether oxygens (including phenoxy) is 2. The normalized spacial score (nSPS) is 9.96. The molecule has 2 aromatic carbocycles. The summed E-state index contributed by atoms with van der Waals surface area (Å²) in [6.45, 7) is -0.503. The molecule has 0 aromatic heterocycles. The first-order valence-electron chi connectivity index (χ1n) is 6.60. The lowest BCUT2D eigenvalue weighted by molar-refractivity contribution is -0.385. The highest BCUT2D eigenvalue weighted by Gasteiger charge is 2.21. The smallest absolute Gasteiger partial charge is 0.345 e. The molecule has 2 aromatic rings. The minimum atomic E-state index is -0.917. The molecule has 7 heteroatoms. The van der Waals surface area contributed by atoms with Gasteiger partial charge in [-0.2, -0.15) is 0 Å². The number of methoxy groups -OCH3 is 1. The fraction of sp³-hybridized carbons (Fsp3) is 0.125. The standard InChI is InChI=1S/C16H13NO6/c1-22-12-8-6-11(7-9-12)15(18)10-23-16(19)13-4-2-3-5-14(13)17(20)21/h2-9H,10H2,1H3. The molecular formula is C16H13NO6. The Bertz CT molecular complexity index is 738. The van der Waals surface area contributed by atoms with Crippen LogP contribution >= 0.6 is 0 Å². The number of carbonyl (C=O) groups is 2. The Morgan fingerprint density at radius 3 is 2.35 bits per heavy atom. The molecule has 0 bridgehead atoms. The Kier molecular flexibility index (Phi) is 5.03. The summed E-state index contributed by atoms with van der Waals surface area (Å²) < 4.78 is 9.85. The molecule has 0 unspecified atom stereocenters. The van der Waals surface area contributed by atoms with Crippen molar-refractivity contribution in [2.75, 3.05) is 13.7 Å². The van der Waals surface area contributed by atoms with Crippen molar-refractivity contribution >= 4 is 17.4 Å². The molecule has 0 heterocycles. The molecule has 0 saturated heterocycles. The van der Waals surface area contributed by atoms with Gasteiger partial charge in [0.05, 0.1) is 12.0 Å². The van der Waals surface area contributed by atoms with Gasteiger partial charge in [-0.05, 0) is 30.3 Å². The summed E-state index contributed by atoms with van der Waals surface area (Å²) in [4.78, 5) is 34.0. The maximum absolute atomic E-state index is 11.9. The predicted octanol–water partition coefficient (Wildman–Crippen LogP) is 2.64. The molecule has 0 aliphatic carbocycles. The molecule has 0 aliphatic heterocycles. The quantitative estimate of drug-likeness (QED) is 0.352. The lowest BCUT2D eigenvalue weighted by Crippen LogP contribution is -2.15. The number of carbonyl (C=O) groups excluding carboxylic acids is 2. The SMILES string of the molecule is COc1ccc(C(=O)COC(=O)c2ccccc2[N+](=O)[O-])cc1. The van der Waals surface area contributed by atoms with E-state index in [1.807, 2.05) is 0 Å². The lowest BCUT2D eigenvalue weighted by Gasteiger charge is -2.05. The van der Waals surface area contributed by atoms with Gasteiger partial charge in [-0.1, -0.05) is 12.1 Å². The zero-order valence-corrected chi connectivity index (χ0v) is 12.2. The molecule has 0 radical (unpaired) electrons. The van der Waals surface area contributed by atoms with Crippen molar-refractivity contribution in [2.24, 2.45) is 0 Å². The number of Topliss-reactive ketones (excluding diaryl/α,β-unsaturated/α-hetero) is 1. The van der Waals surface area contributed by atoms with E-state index < -0.39 is 23.3 Å². The van der Waals surface area contributed by atoms with E-state index in [0.29, 0.717) is 11.3 Å². The van der Waals surface area contributed by atoms with Crippen LogP contribution in [0.15, 0.2) is 48.5 Å². The number of ketones is 1. The first-order valence-corrected chi connectivity index (χ1v) is 6.60. The number of nitro benzene ring substituents is 1. The average molecular weight is 315 g/mol. The summed E-state index contributed by atoms with van der Waals surface area (Å²) in [6, 6.07) is 11.7. The predicted molar refractivity (Wildman–Crippen MR) is 80.7 cm³/mol. The van der Waals surface area contributed by atoms with E-state index in [1.165, 1.54) is 31.4 Å². The Hall–Kier alpha value is -3.22. The van der Waals surface area contributed by atoms with Gasteiger partial charge in [0.25, 0.3) is 5.69 Å². The highest BCUT2D eigenvalue weighted by molar-refractivity contribution is 6.00. The maximum atomic E-state index is 11.9. The second-order valence-corrected chi connectivity index (χ2v) is 4.50. The van der Waals surface area contributed by atoms with E-state index in [0.717, 1.165) is 0 Å². The van der Waals surface area contributed by atoms with E-state index >= 15 is 0 Å². The minimum Gasteiger partial charge on any atom is -0.497 e. The Morgan fingerprint density at radius 2 is 1.74 bits per heavy atom. The summed E-state index contributed by atoms with van der Waals surface area (Å²) >= 11 is 0. The molecule has 23 heavy (non-hydrogen) atoms. The van der Waals surface area contributed by atoms with E-state index in [-0.39, 0.29) is 11.3 Å². The highest BCUT2D eigenvalue weighted by atomic mass is 16.6. The van der Waals surface area contributed by atoms with Gasteiger partial charge in [0.2, 0.25) is 0 Å². The Balaban J connectivity index is 2.04. The first-order chi connectivity index (χ1) is 11.0. The van der Waals surface area contributed by atoms with Crippen LogP contribution in [0.1, 0.15) is 20.7 Å². The maximum Gasteiger partial charge on any atom is 0.345 e. The third-order valence-electron chi connectivity index (χ3n) is 3.07. The van der Waals surface area contributed by atoms with Crippen LogP contribution in [0.5, 0.6) is 5.75 Å². The highest BCUT2D eigenvalue weighted by Crippen LogP contribution is 2.19. The van der Waals surface area contributed by atoms with Crippen LogP contribution in [0.2, 0.25) is 0 Å². The van der Waals surface area contributed by atoms with E-state index in [4.69, 9.17) is 9.47 Å². The molecule has 118 valence electrons. The fourth-order valence-corrected chi connectivity index (χ4v) is 1.87. The van der Waals surface area contributed by atoms with Crippen molar-refractivity contribution in [2.45, 2.75) is 0 Å². The number of nitrogens with zero attached hydrogens (tertiary/aromatic N) is 1. The third-order valence-corrected chi connectivity index (χ3v) is 3.07. The van der Waals surface area contributed by atoms with Crippen LogP contribution in [-0.2, 0) is 4.74 Å². The number of esters is 1. The van der Waals surface area contributed by atoms with Crippen molar-refractivity contribution in [3.8, 4) is 5.75 Å². The number of benzene rings is 2. The van der Waals surface area contributed by atoms with Gasteiger partial charge in [-0.3, -0.25) is 14.9 Å². The lowest BCUT2D eigenvalue weighted by atomic mass is 10.1. The molecule has 0 atom stereocenters. The molecule has 7 nitrogen and oxygen atoms in total. The number of para-hydroxylation sites is 1. The van der Waals surface area contributed by atoms with Crippen molar-refractivity contribution in [3.05, 3.63) is 69.8 Å². The van der Waals surface area contributed by atoms with Gasteiger partial charge in [-0.25, -0.2) is 4.79 Å². The second-order valence-electron chi connectivity index (χ2n) is 4.50. The van der Waals surface area contributed by atoms with Crippen molar-refractivity contribution in [3.63, 3.8) is 0 Å². The van der Waals surface area contributed by atoms with E-state index in [1.54, 1.807) is 24.3 Å². The van der Waals surface area contributed by atoms with Crippen molar-refractivity contribution < 1.29 is 24.0 Å². The Labute approximate surface area is 131 Å². The minimum absolute atomic E-state index is 0.194. The molecular weight excluding hydrogens is 302 g/mol. The Morgan fingerprint density at radius 1 is 1.09 bits per heavy atom. The number of nitro groups is 1. The van der Waals surface area contributed by atoms with Crippen LogP contribution in [-0.4, -0.2) is 30.4 Å². The van der Waals surface area contributed by atoms with Gasteiger partial charge >= 0.3 is 5.97 Å². The first kappa shape index (κ1) is 16.2. The van der Waals surface area contributed by atoms with Crippen LogP contribution < -0.4 is 4.74 Å². The summed E-state index contributed by atoms with van der Waals surface area (Å²) in [6.07, 6.45) is 0.